The van der Waals surface area contributed by atoms with Gasteiger partial charge in [-0.25, -0.2) is 14.2 Å². The summed E-state index contributed by atoms with van der Waals surface area (Å²) >= 11 is 2.49. The van der Waals surface area contributed by atoms with Crippen LogP contribution in [0.5, 0.6) is 0 Å². The lowest BCUT2D eigenvalue weighted by molar-refractivity contribution is -0.113. The Balaban J connectivity index is 1.38. The largest absolute Gasteiger partial charge is 0.456 e. The highest BCUT2D eigenvalue weighted by molar-refractivity contribution is 8.00. The number of rotatable bonds is 7. The fraction of sp³-hybridized carbons (Fsp3) is 0.0909. The summed E-state index contributed by atoms with van der Waals surface area (Å²) in [5.41, 5.74) is 0.900. The Labute approximate surface area is 189 Å². The average molecular weight is 470 g/mol. The van der Waals surface area contributed by atoms with Gasteiger partial charge in [0.15, 0.2) is 4.96 Å². The van der Waals surface area contributed by atoms with Gasteiger partial charge in [-0.05, 0) is 36.4 Å². The molecule has 0 aliphatic heterocycles. The van der Waals surface area contributed by atoms with Gasteiger partial charge in [0.25, 0.3) is 5.56 Å². The van der Waals surface area contributed by atoms with E-state index in [2.05, 4.69) is 10.3 Å². The Bertz CT molecular complexity index is 1340. The van der Waals surface area contributed by atoms with E-state index < -0.39 is 5.97 Å². The van der Waals surface area contributed by atoms with Crippen LogP contribution in [0.2, 0.25) is 0 Å². The molecule has 0 aliphatic rings. The molecular formula is C22H16FN3O4S2. The van der Waals surface area contributed by atoms with E-state index in [0.717, 1.165) is 0 Å². The van der Waals surface area contributed by atoms with Gasteiger partial charge in [0.2, 0.25) is 5.91 Å². The summed E-state index contributed by atoms with van der Waals surface area (Å²) in [5, 5.41) is 4.42. The first-order valence-electron chi connectivity index (χ1n) is 9.40. The highest BCUT2D eigenvalue weighted by Crippen LogP contribution is 2.24. The van der Waals surface area contributed by atoms with Crippen molar-refractivity contribution in [2.24, 2.45) is 0 Å². The second kappa shape index (κ2) is 9.75. The summed E-state index contributed by atoms with van der Waals surface area (Å²) < 4.78 is 19.7. The zero-order valence-corrected chi connectivity index (χ0v) is 18.1. The van der Waals surface area contributed by atoms with Gasteiger partial charge in [-0.1, -0.05) is 12.1 Å². The normalized spacial score (nSPS) is 10.8. The van der Waals surface area contributed by atoms with Crippen LogP contribution in [-0.2, 0) is 16.1 Å². The summed E-state index contributed by atoms with van der Waals surface area (Å²) in [7, 11) is 0. The number of thiazole rings is 1. The third kappa shape index (κ3) is 5.21. The molecule has 2 aromatic carbocycles. The molecule has 0 aliphatic carbocycles. The molecule has 4 aromatic rings. The first-order chi connectivity index (χ1) is 15.5. The molecule has 2 aromatic heterocycles. The number of thioether (sulfide) groups is 1. The van der Waals surface area contributed by atoms with Crippen LogP contribution in [-0.4, -0.2) is 27.0 Å². The lowest BCUT2D eigenvalue weighted by atomic mass is 10.2. The van der Waals surface area contributed by atoms with E-state index in [1.165, 1.54) is 57.8 Å². The number of carbonyl (C=O) groups is 2. The summed E-state index contributed by atoms with van der Waals surface area (Å²) in [6, 6.07) is 13.6. The third-order valence-electron chi connectivity index (χ3n) is 4.30. The smallest absolute Gasteiger partial charge is 0.339 e. The predicted molar refractivity (Wildman–Crippen MR) is 121 cm³/mol. The Morgan fingerprint density at radius 2 is 1.94 bits per heavy atom. The minimum atomic E-state index is -0.583. The predicted octanol–water partition coefficient (Wildman–Crippen LogP) is 3.98. The molecule has 0 atom stereocenters. The number of halogens is 1. The van der Waals surface area contributed by atoms with E-state index in [0.29, 0.717) is 26.8 Å². The zero-order valence-electron chi connectivity index (χ0n) is 16.5. The molecule has 0 saturated heterocycles. The Morgan fingerprint density at radius 3 is 2.75 bits per heavy atom. The maximum absolute atomic E-state index is 13.0. The van der Waals surface area contributed by atoms with Gasteiger partial charge in [0.05, 0.1) is 17.0 Å². The van der Waals surface area contributed by atoms with Crippen molar-refractivity contribution in [3.05, 3.63) is 93.6 Å². The number of amides is 1. The number of fused-ring (bicyclic) bond motifs is 1. The SMILES string of the molecule is O=C(CSc1ccccc1C(=O)OCc1cc(=O)n2ccsc2n1)Nc1ccc(F)cc1. The van der Waals surface area contributed by atoms with Crippen molar-refractivity contribution < 1.29 is 18.7 Å². The molecule has 32 heavy (non-hydrogen) atoms. The zero-order chi connectivity index (χ0) is 22.5. The quantitative estimate of drug-likeness (QED) is 0.325. The number of aromatic nitrogens is 2. The van der Waals surface area contributed by atoms with Crippen molar-refractivity contribution in [3.63, 3.8) is 0 Å². The minimum Gasteiger partial charge on any atom is -0.456 e. The molecule has 0 saturated carbocycles. The maximum Gasteiger partial charge on any atom is 0.339 e. The molecule has 10 heteroatoms. The lowest BCUT2D eigenvalue weighted by Crippen LogP contribution is -2.15. The van der Waals surface area contributed by atoms with Crippen LogP contribution in [0, 0.1) is 5.82 Å². The van der Waals surface area contributed by atoms with Crippen LogP contribution in [0.25, 0.3) is 4.96 Å². The number of hydrogen-bond donors (Lipinski definition) is 1. The highest BCUT2D eigenvalue weighted by Gasteiger charge is 2.15. The van der Waals surface area contributed by atoms with E-state index in [4.69, 9.17) is 4.74 Å². The first kappa shape index (κ1) is 21.7. The number of nitrogens with zero attached hydrogens (tertiary/aromatic N) is 2. The second-order valence-corrected chi connectivity index (χ2v) is 8.45. The second-order valence-electron chi connectivity index (χ2n) is 6.56. The molecule has 2 heterocycles. The molecule has 1 amide bonds. The average Bonchev–Trinajstić information content (AvgIpc) is 3.27. The molecular weight excluding hydrogens is 453 g/mol. The summed E-state index contributed by atoms with van der Waals surface area (Å²) in [5.74, 6) is -1.21. The highest BCUT2D eigenvalue weighted by atomic mass is 32.2. The topological polar surface area (TPSA) is 89.8 Å². The van der Waals surface area contributed by atoms with Gasteiger partial charge >= 0.3 is 5.97 Å². The molecule has 0 unspecified atom stereocenters. The fourth-order valence-corrected chi connectivity index (χ4v) is 4.39. The standard InChI is InChI=1S/C22H16FN3O4S2/c23-14-5-7-15(8-6-14)24-19(27)13-32-18-4-2-1-3-17(18)21(29)30-12-16-11-20(28)26-9-10-31-22(26)25-16/h1-11H,12-13H2,(H,24,27). The molecule has 0 bridgehead atoms. The number of hydrogen-bond acceptors (Lipinski definition) is 7. The number of ether oxygens (including phenoxy) is 1. The molecule has 0 radical (unpaired) electrons. The molecule has 0 spiro atoms. The van der Waals surface area contributed by atoms with E-state index in [-0.39, 0.29) is 29.6 Å². The number of nitrogens with one attached hydrogen (secondary N) is 1. The van der Waals surface area contributed by atoms with Crippen LogP contribution in [0.15, 0.2) is 75.9 Å². The van der Waals surface area contributed by atoms with Gasteiger partial charge in [-0.15, -0.1) is 23.1 Å². The van der Waals surface area contributed by atoms with Crippen molar-refractivity contribution in [2.75, 3.05) is 11.1 Å². The molecule has 4 rings (SSSR count). The number of carbonyl (C=O) groups excluding carboxylic acids is 2. The molecule has 1 N–H and O–H groups in total. The Kier molecular flexibility index (Phi) is 6.62. The van der Waals surface area contributed by atoms with Crippen LogP contribution >= 0.6 is 23.1 Å². The van der Waals surface area contributed by atoms with Gasteiger partial charge in [0.1, 0.15) is 12.4 Å². The fourth-order valence-electron chi connectivity index (χ4n) is 2.81. The van der Waals surface area contributed by atoms with Crippen molar-refractivity contribution in [3.8, 4) is 0 Å². The third-order valence-corrected chi connectivity index (χ3v) is 6.13. The summed E-state index contributed by atoms with van der Waals surface area (Å²) in [6.07, 6.45) is 1.63. The number of esters is 1. The van der Waals surface area contributed by atoms with Crippen molar-refractivity contribution in [2.45, 2.75) is 11.5 Å². The van der Waals surface area contributed by atoms with Crippen LogP contribution in [0.3, 0.4) is 0 Å². The molecule has 0 fully saturated rings. The van der Waals surface area contributed by atoms with Crippen LogP contribution in [0.1, 0.15) is 16.1 Å². The summed E-state index contributed by atoms with van der Waals surface area (Å²) in [6.45, 7) is -0.146. The lowest BCUT2D eigenvalue weighted by Gasteiger charge is -2.10. The Hall–Kier alpha value is -3.50. The van der Waals surface area contributed by atoms with Crippen molar-refractivity contribution in [1.82, 2.24) is 9.38 Å². The van der Waals surface area contributed by atoms with E-state index in [1.54, 1.807) is 35.8 Å². The monoisotopic (exact) mass is 469 g/mol. The van der Waals surface area contributed by atoms with Gasteiger partial charge in [-0.2, -0.15) is 0 Å². The van der Waals surface area contributed by atoms with Gasteiger partial charge < -0.3 is 10.1 Å². The van der Waals surface area contributed by atoms with Crippen LogP contribution < -0.4 is 10.9 Å². The first-order valence-corrected chi connectivity index (χ1v) is 11.3. The van der Waals surface area contributed by atoms with Gasteiger partial charge in [0, 0.05) is 28.2 Å². The number of anilines is 1. The number of benzene rings is 2. The van der Waals surface area contributed by atoms with Crippen molar-refractivity contribution in [1.29, 1.82) is 0 Å². The van der Waals surface area contributed by atoms with E-state index in [1.807, 2.05) is 0 Å². The molecule has 7 nitrogen and oxygen atoms in total. The summed E-state index contributed by atoms with van der Waals surface area (Å²) in [4.78, 5) is 42.3. The van der Waals surface area contributed by atoms with Crippen LogP contribution in [0.4, 0.5) is 10.1 Å². The minimum absolute atomic E-state index is 0.0506. The maximum atomic E-state index is 13.0. The molecule has 162 valence electrons. The van der Waals surface area contributed by atoms with E-state index >= 15 is 0 Å². The van der Waals surface area contributed by atoms with Gasteiger partial charge in [-0.3, -0.25) is 14.0 Å². The Morgan fingerprint density at radius 1 is 1.16 bits per heavy atom. The van der Waals surface area contributed by atoms with E-state index in [9.17, 15) is 18.8 Å². The van der Waals surface area contributed by atoms with Crippen molar-refractivity contribution >= 4 is 45.6 Å².